The second kappa shape index (κ2) is 5.63. The fourth-order valence-corrected chi connectivity index (χ4v) is 2.65. The second-order valence-electron chi connectivity index (χ2n) is 5.27. The molecule has 0 bridgehead atoms. The van der Waals surface area contributed by atoms with Gasteiger partial charge in [0.2, 0.25) is 0 Å². The maximum atomic E-state index is 12.5. The van der Waals surface area contributed by atoms with Gasteiger partial charge in [-0.3, -0.25) is 4.79 Å². The van der Waals surface area contributed by atoms with Gasteiger partial charge in [0.1, 0.15) is 11.4 Å². The molecule has 1 aliphatic heterocycles. The molecule has 1 amide bonds. The van der Waals surface area contributed by atoms with Crippen molar-refractivity contribution in [2.24, 2.45) is 7.05 Å². The minimum Gasteiger partial charge on any atom is -0.464 e. The maximum absolute atomic E-state index is 12.5. The Balaban J connectivity index is 1.81. The third-order valence-corrected chi connectivity index (χ3v) is 3.89. The van der Waals surface area contributed by atoms with Crippen LogP contribution in [0.5, 0.6) is 0 Å². The van der Waals surface area contributed by atoms with Gasteiger partial charge in [-0.2, -0.15) is 0 Å². The zero-order valence-corrected chi connectivity index (χ0v) is 12.6. The summed E-state index contributed by atoms with van der Waals surface area (Å²) in [6.07, 6.45) is 2.49. The SMILES string of the molecule is COC(=O)c1ccc2c(n1)CCN(C(=O)c1cccn1C)C2. The summed E-state index contributed by atoms with van der Waals surface area (Å²) in [5.41, 5.74) is 2.81. The summed E-state index contributed by atoms with van der Waals surface area (Å²) < 4.78 is 6.50. The van der Waals surface area contributed by atoms with Crippen molar-refractivity contribution in [3.05, 3.63) is 53.1 Å². The second-order valence-corrected chi connectivity index (χ2v) is 5.27. The Kier molecular flexibility index (Phi) is 3.66. The summed E-state index contributed by atoms with van der Waals surface area (Å²) in [4.78, 5) is 30.2. The summed E-state index contributed by atoms with van der Waals surface area (Å²) in [5, 5.41) is 0. The van der Waals surface area contributed by atoms with Crippen molar-refractivity contribution in [1.29, 1.82) is 0 Å². The van der Waals surface area contributed by atoms with Gasteiger partial charge in [-0.1, -0.05) is 6.07 Å². The molecule has 0 unspecified atom stereocenters. The van der Waals surface area contributed by atoms with Crippen LogP contribution in [-0.4, -0.2) is 40.0 Å². The molecule has 0 saturated carbocycles. The van der Waals surface area contributed by atoms with Gasteiger partial charge < -0.3 is 14.2 Å². The van der Waals surface area contributed by atoms with Gasteiger partial charge in [-0.15, -0.1) is 0 Å². The van der Waals surface area contributed by atoms with E-state index in [-0.39, 0.29) is 5.91 Å². The van der Waals surface area contributed by atoms with E-state index in [1.165, 1.54) is 7.11 Å². The minimum atomic E-state index is -0.440. The number of nitrogens with zero attached hydrogens (tertiary/aromatic N) is 3. The number of carbonyl (C=O) groups is 2. The Morgan fingerprint density at radius 2 is 2.09 bits per heavy atom. The van der Waals surface area contributed by atoms with E-state index in [9.17, 15) is 9.59 Å². The lowest BCUT2D eigenvalue weighted by Gasteiger charge is -2.28. The fraction of sp³-hybridized carbons (Fsp3) is 0.312. The lowest BCUT2D eigenvalue weighted by Crippen LogP contribution is -2.37. The van der Waals surface area contributed by atoms with E-state index in [1.54, 1.807) is 11.0 Å². The Morgan fingerprint density at radius 3 is 2.77 bits per heavy atom. The van der Waals surface area contributed by atoms with Crippen LogP contribution in [-0.2, 0) is 24.8 Å². The highest BCUT2D eigenvalue weighted by Crippen LogP contribution is 2.20. The van der Waals surface area contributed by atoms with Crippen LogP contribution >= 0.6 is 0 Å². The van der Waals surface area contributed by atoms with Crippen LogP contribution in [0.4, 0.5) is 0 Å². The number of aromatic nitrogens is 2. The van der Waals surface area contributed by atoms with E-state index >= 15 is 0 Å². The molecule has 0 aromatic carbocycles. The van der Waals surface area contributed by atoms with Crippen LogP contribution in [0.2, 0.25) is 0 Å². The first-order chi connectivity index (χ1) is 10.6. The molecule has 0 spiro atoms. The van der Waals surface area contributed by atoms with Crippen molar-refractivity contribution in [2.45, 2.75) is 13.0 Å². The molecule has 6 heteroatoms. The number of hydrogen-bond donors (Lipinski definition) is 0. The van der Waals surface area contributed by atoms with Gasteiger partial charge in [0, 0.05) is 38.4 Å². The highest BCUT2D eigenvalue weighted by molar-refractivity contribution is 5.93. The molecule has 114 valence electrons. The predicted molar refractivity (Wildman–Crippen MR) is 79.4 cm³/mol. The topological polar surface area (TPSA) is 64.4 Å². The zero-order valence-electron chi connectivity index (χ0n) is 12.6. The van der Waals surface area contributed by atoms with Crippen molar-refractivity contribution in [3.63, 3.8) is 0 Å². The van der Waals surface area contributed by atoms with Crippen LogP contribution in [0.15, 0.2) is 30.5 Å². The molecule has 0 atom stereocenters. The molecular weight excluding hydrogens is 282 g/mol. The van der Waals surface area contributed by atoms with Crippen LogP contribution in [0.1, 0.15) is 32.2 Å². The van der Waals surface area contributed by atoms with Crippen molar-refractivity contribution < 1.29 is 14.3 Å². The Hall–Kier alpha value is -2.63. The third kappa shape index (κ3) is 2.47. The number of rotatable bonds is 2. The molecule has 22 heavy (non-hydrogen) atoms. The van der Waals surface area contributed by atoms with Crippen molar-refractivity contribution in [1.82, 2.24) is 14.5 Å². The molecule has 0 N–H and O–H groups in total. The number of pyridine rings is 1. The Morgan fingerprint density at radius 1 is 1.27 bits per heavy atom. The quantitative estimate of drug-likeness (QED) is 0.786. The van der Waals surface area contributed by atoms with Gasteiger partial charge in [0.05, 0.1) is 7.11 Å². The molecule has 0 fully saturated rings. The summed E-state index contributed by atoms with van der Waals surface area (Å²) in [5.74, 6) is -0.430. The van der Waals surface area contributed by atoms with Crippen LogP contribution in [0, 0.1) is 0 Å². The molecule has 3 rings (SSSR count). The normalized spacial score (nSPS) is 13.6. The summed E-state index contributed by atoms with van der Waals surface area (Å²) in [6.45, 7) is 1.10. The lowest BCUT2D eigenvalue weighted by atomic mass is 10.0. The molecule has 0 saturated heterocycles. The molecule has 0 aliphatic carbocycles. The molecule has 1 aliphatic rings. The highest BCUT2D eigenvalue weighted by atomic mass is 16.5. The number of esters is 1. The first kappa shape index (κ1) is 14.3. The molecular formula is C16H17N3O3. The lowest BCUT2D eigenvalue weighted by molar-refractivity contribution is 0.0591. The van der Waals surface area contributed by atoms with Crippen molar-refractivity contribution in [3.8, 4) is 0 Å². The minimum absolute atomic E-state index is 0.00944. The van der Waals surface area contributed by atoms with Crippen LogP contribution < -0.4 is 0 Å². The van der Waals surface area contributed by atoms with Gasteiger partial charge >= 0.3 is 5.97 Å². The first-order valence-corrected chi connectivity index (χ1v) is 7.08. The van der Waals surface area contributed by atoms with E-state index in [1.807, 2.05) is 36.0 Å². The molecule has 3 heterocycles. The summed E-state index contributed by atoms with van der Waals surface area (Å²) >= 11 is 0. The predicted octanol–water partition coefficient (Wildman–Crippen LogP) is 1.41. The van der Waals surface area contributed by atoms with E-state index in [2.05, 4.69) is 9.72 Å². The Bertz CT molecular complexity index is 736. The molecule has 2 aromatic rings. The van der Waals surface area contributed by atoms with Crippen LogP contribution in [0.3, 0.4) is 0 Å². The van der Waals surface area contributed by atoms with Gasteiger partial charge in [-0.05, 0) is 23.8 Å². The largest absolute Gasteiger partial charge is 0.464 e. The zero-order chi connectivity index (χ0) is 15.7. The number of aryl methyl sites for hydroxylation is 1. The van der Waals surface area contributed by atoms with E-state index in [4.69, 9.17) is 0 Å². The smallest absolute Gasteiger partial charge is 0.356 e. The molecule has 6 nitrogen and oxygen atoms in total. The number of carbonyl (C=O) groups excluding carboxylic acids is 2. The number of methoxy groups -OCH3 is 1. The summed E-state index contributed by atoms with van der Waals surface area (Å²) in [7, 11) is 3.19. The summed E-state index contributed by atoms with van der Waals surface area (Å²) in [6, 6.07) is 7.16. The monoisotopic (exact) mass is 299 g/mol. The van der Waals surface area contributed by atoms with Gasteiger partial charge in [0.25, 0.3) is 5.91 Å². The number of ether oxygens (including phenoxy) is 1. The van der Waals surface area contributed by atoms with Gasteiger partial charge in [0.15, 0.2) is 0 Å². The maximum Gasteiger partial charge on any atom is 0.356 e. The van der Waals surface area contributed by atoms with Crippen molar-refractivity contribution >= 4 is 11.9 Å². The number of hydrogen-bond acceptors (Lipinski definition) is 4. The van der Waals surface area contributed by atoms with E-state index in [0.29, 0.717) is 30.9 Å². The standard InChI is InChI=1S/C16H17N3O3/c1-18-8-3-4-14(18)15(20)19-9-7-12-11(10-19)5-6-13(17-12)16(21)22-2/h3-6,8H,7,9-10H2,1-2H3. The fourth-order valence-electron chi connectivity index (χ4n) is 2.65. The number of amides is 1. The number of fused-ring (bicyclic) bond motifs is 1. The van der Waals surface area contributed by atoms with Crippen LogP contribution in [0.25, 0.3) is 0 Å². The van der Waals surface area contributed by atoms with Crippen molar-refractivity contribution in [2.75, 3.05) is 13.7 Å². The van der Waals surface area contributed by atoms with Gasteiger partial charge in [-0.25, -0.2) is 9.78 Å². The van der Waals surface area contributed by atoms with E-state index in [0.717, 1.165) is 11.3 Å². The van der Waals surface area contributed by atoms with E-state index < -0.39 is 5.97 Å². The third-order valence-electron chi connectivity index (χ3n) is 3.89. The first-order valence-electron chi connectivity index (χ1n) is 7.08. The highest BCUT2D eigenvalue weighted by Gasteiger charge is 2.24. The average Bonchev–Trinajstić information content (AvgIpc) is 2.98. The molecule has 0 radical (unpaired) electrons. The Labute approximate surface area is 128 Å². The average molecular weight is 299 g/mol. The molecule has 2 aromatic heterocycles.